The van der Waals surface area contributed by atoms with Crippen LogP contribution in [0.25, 0.3) is 0 Å². The predicted octanol–water partition coefficient (Wildman–Crippen LogP) is 3.36. The Morgan fingerprint density at radius 3 is 2.37 bits per heavy atom. The van der Waals surface area contributed by atoms with Gasteiger partial charge in [0.25, 0.3) is 0 Å². The van der Waals surface area contributed by atoms with E-state index in [4.69, 9.17) is 25.8 Å². The zero-order valence-corrected chi connectivity index (χ0v) is 18.1. The number of benzene rings is 2. The first-order valence-electron chi connectivity index (χ1n) is 9.31. The van der Waals surface area contributed by atoms with E-state index in [0.717, 1.165) is 11.2 Å². The fourth-order valence-electron chi connectivity index (χ4n) is 2.96. The molecule has 1 heterocycles. The smallest absolute Gasteiger partial charge is 0.242 e. The molecule has 0 radical (unpaired) electrons. The maximum Gasteiger partial charge on any atom is 0.242 e. The number of hydrogen-bond donors (Lipinski definition) is 0. The van der Waals surface area contributed by atoms with Crippen LogP contribution in [0.4, 0.5) is 5.69 Å². The second kappa shape index (κ2) is 9.54. The summed E-state index contributed by atoms with van der Waals surface area (Å²) in [6.07, 6.45) is 0. The molecular formula is C22H22BClN2O4. The summed E-state index contributed by atoms with van der Waals surface area (Å²) in [6, 6.07) is 16.1. The van der Waals surface area contributed by atoms with Crippen molar-refractivity contribution in [2.24, 2.45) is 0 Å². The number of pyridine rings is 1. The summed E-state index contributed by atoms with van der Waals surface area (Å²) >= 11 is 5.96. The third kappa shape index (κ3) is 5.05. The van der Waals surface area contributed by atoms with Crippen LogP contribution in [-0.4, -0.2) is 33.0 Å². The maximum atomic E-state index is 12.6. The average Bonchev–Trinajstić information content (AvgIpc) is 2.74. The molecule has 2 aromatic carbocycles. The van der Waals surface area contributed by atoms with Gasteiger partial charge in [-0.05, 0) is 60.2 Å². The lowest BCUT2D eigenvalue weighted by Gasteiger charge is -2.24. The van der Waals surface area contributed by atoms with E-state index in [0.29, 0.717) is 33.8 Å². The molecule has 8 heteroatoms. The van der Waals surface area contributed by atoms with E-state index in [1.165, 1.54) is 6.92 Å². The Kier molecular flexibility index (Phi) is 6.85. The van der Waals surface area contributed by atoms with Crippen LogP contribution < -0.4 is 24.7 Å². The molecule has 0 saturated carbocycles. The highest BCUT2D eigenvalue weighted by atomic mass is 35.5. The van der Waals surface area contributed by atoms with Gasteiger partial charge in [0, 0.05) is 17.5 Å². The minimum Gasteiger partial charge on any atom is -0.497 e. The Morgan fingerprint density at radius 1 is 1.03 bits per heavy atom. The number of halogens is 1. The molecule has 1 amide bonds. The number of amides is 1. The second-order valence-electron chi connectivity index (χ2n) is 6.62. The molecule has 1 aromatic heterocycles. The first kappa shape index (κ1) is 21.5. The van der Waals surface area contributed by atoms with Gasteiger partial charge in [0.2, 0.25) is 11.8 Å². The summed E-state index contributed by atoms with van der Waals surface area (Å²) in [6.45, 7) is 1.76. The second-order valence-corrected chi connectivity index (χ2v) is 7.05. The zero-order chi connectivity index (χ0) is 21.7. The van der Waals surface area contributed by atoms with Crippen LogP contribution in [0.5, 0.6) is 23.1 Å². The SMILES string of the molecule is Bc1ccc(N(Cc2cc(OC)ccc2OC)C(C)=O)c(Oc2ccc(Cl)cc2)n1. The van der Waals surface area contributed by atoms with Crippen LogP contribution >= 0.6 is 11.6 Å². The molecule has 0 saturated heterocycles. The Morgan fingerprint density at radius 2 is 1.73 bits per heavy atom. The number of rotatable bonds is 7. The molecule has 154 valence electrons. The molecule has 30 heavy (non-hydrogen) atoms. The first-order chi connectivity index (χ1) is 14.4. The highest BCUT2D eigenvalue weighted by molar-refractivity contribution is 6.31. The highest BCUT2D eigenvalue weighted by Gasteiger charge is 2.21. The summed E-state index contributed by atoms with van der Waals surface area (Å²) in [7, 11) is 5.05. The van der Waals surface area contributed by atoms with Crippen molar-refractivity contribution in [3.63, 3.8) is 0 Å². The Bertz CT molecular complexity index is 1040. The number of aromatic nitrogens is 1. The van der Waals surface area contributed by atoms with Gasteiger partial charge in [-0.3, -0.25) is 4.79 Å². The number of carbonyl (C=O) groups is 1. The quantitative estimate of drug-likeness (QED) is 0.544. The van der Waals surface area contributed by atoms with Crippen molar-refractivity contribution in [1.82, 2.24) is 4.98 Å². The lowest BCUT2D eigenvalue weighted by atomic mass is 10.0. The van der Waals surface area contributed by atoms with Gasteiger partial charge in [-0.2, -0.15) is 0 Å². The normalized spacial score (nSPS) is 10.4. The lowest BCUT2D eigenvalue weighted by Crippen LogP contribution is -2.29. The van der Waals surface area contributed by atoms with Gasteiger partial charge in [0.15, 0.2) is 7.85 Å². The molecule has 0 aliphatic carbocycles. The molecule has 0 unspecified atom stereocenters. The Balaban J connectivity index is 2.00. The summed E-state index contributed by atoms with van der Waals surface area (Å²) in [5.41, 5.74) is 2.11. The summed E-state index contributed by atoms with van der Waals surface area (Å²) in [5, 5.41) is 0.607. The van der Waals surface area contributed by atoms with Gasteiger partial charge in [-0.1, -0.05) is 11.6 Å². The van der Waals surface area contributed by atoms with E-state index in [2.05, 4.69) is 4.98 Å². The van der Waals surface area contributed by atoms with Crippen molar-refractivity contribution in [3.05, 3.63) is 65.2 Å². The summed E-state index contributed by atoms with van der Waals surface area (Å²) < 4.78 is 16.8. The molecule has 0 aliphatic rings. The molecule has 3 aromatic rings. The van der Waals surface area contributed by atoms with Crippen LogP contribution in [0, 0.1) is 0 Å². The van der Waals surface area contributed by atoms with Crippen LogP contribution in [-0.2, 0) is 11.3 Å². The van der Waals surface area contributed by atoms with Crippen molar-refractivity contribution in [2.45, 2.75) is 13.5 Å². The van der Waals surface area contributed by atoms with Gasteiger partial charge in [-0.15, -0.1) is 0 Å². The minimum absolute atomic E-state index is 0.161. The number of anilines is 1. The number of nitrogens with zero attached hydrogens (tertiary/aromatic N) is 2. The van der Waals surface area contributed by atoms with Crippen molar-refractivity contribution in [1.29, 1.82) is 0 Å². The molecule has 0 N–H and O–H groups in total. The van der Waals surface area contributed by atoms with E-state index in [1.807, 2.05) is 38.2 Å². The van der Waals surface area contributed by atoms with Gasteiger partial charge in [0.1, 0.15) is 22.9 Å². The van der Waals surface area contributed by atoms with E-state index in [9.17, 15) is 4.79 Å². The van der Waals surface area contributed by atoms with Gasteiger partial charge in [0.05, 0.1) is 20.8 Å². The van der Waals surface area contributed by atoms with E-state index < -0.39 is 0 Å². The highest BCUT2D eigenvalue weighted by Crippen LogP contribution is 2.33. The largest absolute Gasteiger partial charge is 0.497 e. The van der Waals surface area contributed by atoms with Crippen molar-refractivity contribution in [3.8, 4) is 23.1 Å². The molecule has 0 spiro atoms. The number of hydrogen-bond acceptors (Lipinski definition) is 5. The summed E-state index contributed by atoms with van der Waals surface area (Å²) in [5.74, 6) is 2.07. The molecule has 0 atom stereocenters. The third-order valence-electron chi connectivity index (χ3n) is 4.49. The lowest BCUT2D eigenvalue weighted by molar-refractivity contribution is -0.116. The van der Waals surface area contributed by atoms with Gasteiger partial charge < -0.3 is 19.1 Å². The minimum atomic E-state index is -0.161. The zero-order valence-electron chi connectivity index (χ0n) is 17.3. The van der Waals surface area contributed by atoms with Gasteiger partial charge in [-0.25, -0.2) is 4.98 Å². The molecule has 6 nitrogen and oxygen atoms in total. The third-order valence-corrected chi connectivity index (χ3v) is 4.75. The summed E-state index contributed by atoms with van der Waals surface area (Å²) in [4.78, 5) is 18.7. The van der Waals surface area contributed by atoms with Crippen molar-refractivity contribution < 1.29 is 19.0 Å². The topological polar surface area (TPSA) is 60.9 Å². The van der Waals surface area contributed by atoms with E-state index in [1.54, 1.807) is 43.4 Å². The number of ether oxygens (including phenoxy) is 3. The average molecular weight is 425 g/mol. The monoisotopic (exact) mass is 424 g/mol. The molecule has 3 rings (SSSR count). The van der Waals surface area contributed by atoms with Crippen LogP contribution in [0.1, 0.15) is 12.5 Å². The fraction of sp³-hybridized carbons (Fsp3) is 0.182. The van der Waals surface area contributed by atoms with Crippen LogP contribution in [0.2, 0.25) is 5.02 Å². The van der Waals surface area contributed by atoms with Crippen LogP contribution in [0.15, 0.2) is 54.6 Å². The standard InChI is InChI=1S/C22H22BClN2O4/c1-14(27)26(13-15-12-18(28-2)8-10-20(15)29-3)19-9-11-21(23)25-22(19)30-17-6-4-16(24)5-7-17/h4-12H,13,23H2,1-3H3. The molecular weight excluding hydrogens is 403 g/mol. The van der Waals surface area contributed by atoms with Crippen molar-refractivity contribution in [2.75, 3.05) is 19.1 Å². The number of carbonyl (C=O) groups excluding carboxylic acids is 1. The first-order valence-corrected chi connectivity index (χ1v) is 9.69. The van der Waals surface area contributed by atoms with E-state index in [-0.39, 0.29) is 12.5 Å². The van der Waals surface area contributed by atoms with E-state index >= 15 is 0 Å². The Labute approximate surface area is 181 Å². The number of methoxy groups -OCH3 is 2. The van der Waals surface area contributed by atoms with Crippen LogP contribution in [0.3, 0.4) is 0 Å². The predicted molar refractivity (Wildman–Crippen MR) is 120 cm³/mol. The fourth-order valence-corrected chi connectivity index (χ4v) is 3.09. The van der Waals surface area contributed by atoms with Gasteiger partial charge >= 0.3 is 0 Å². The molecule has 0 aliphatic heterocycles. The van der Waals surface area contributed by atoms with Crippen molar-refractivity contribution >= 4 is 36.6 Å². The molecule has 0 fully saturated rings. The maximum absolute atomic E-state index is 12.6. The Hall–Kier alpha value is -3.19. The molecule has 0 bridgehead atoms.